The number of hydrogen-bond acceptors (Lipinski definition) is 3. The summed E-state index contributed by atoms with van der Waals surface area (Å²) in [4.78, 5) is 23.6. The lowest BCUT2D eigenvalue weighted by Crippen LogP contribution is -2.48. The van der Waals surface area contributed by atoms with Gasteiger partial charge in [0.2, 0.25) is 11.8 Å². The van der Waals surface area contributed by atoms with Crippen molar-refractivity contribution < 1.29 is 9.59 Å². The highest BCUT2D eigenvalue weighted by Crippen LogP contribution is 2.26. The molecular formula is C15H22ClN3O2. The summed E-state index contributed by atoms with van der Waals surface area (Å²) in [7, 11) is 0. The van der Waals surface area contributed by atoms with Gasteiger partial charge in [-0.05, 0) is 31.5 Å². The molecule has 0 saturated carbocycles. The molecule has 0 aliphatic heterocycles. The quantitative estimate of drug-likeness (QED) is 0.754. The maximum atomic E-state index is 12.2. The Balaban J connectivity index is 2.90. The number of benzene rings is 1. The molecule has 0 bridgehead atoms. The van der Waals surface area contributed by atoms with Crippen LogP contribution in [0.4, 0.5) is 11.4 Å². The fourth-order valence-corrected chi connectivity index (χ4v) is 2.01. The molecule has 1 atom stereocenters. The van der Waals surface area contributed by atoms with E-state index in [1.807, 2.05) is 6.92 Å². The molecule has 2 amide bonds. The number of carbonyl (C=O) groups is 2. The van der Waals surface area contributed by atoms with E-state index in [0.717, 1.165) is 6.42 Å². The Bertz CT molecular complexity index is 530. The molecule has 0 aliphatic rings. The van der Waals surface area contributed by atoms with Gasteiger partial charge >= 0.3 is 0 Å². The normalized spacial score (nSPS) is 13.4. The molecule has 0 aliphatic carbocycles. The highest BCUT2D eigenvalue weighted by atomic mass is 35.5. The number of hydrogen-bond donors (Lipinski definition) is 3. The van der Waals surface area contributed by atoms with Crippen LogP contribution in [0, 0.1) is 0 Å². The Morgan fingerprint density at radius 2 is 1.95 bits per heavy atom. The van der Waals surface area contributed by atoms with Crippen molar-refractivity contribution >= 4 is 34.8 Å². The lowest BCUT2D eigenvalue weighted by Gasteiger charge is -2.23. The highest BCUT2D eigenvalue weighted by molar-refractivity contribution is 6.34. The van der Waals surface area contributed by atoms with Crippen molar-refractivity contribution in [2.75, 3.05) is 10.6 Å². The first-order valence-electron chi connectivity index (χ1n) is 7.00. The summed E-state index contributed by atoms with van der Waals surface area (Å²) >= 11 is 6.07. The second-order valence-corrected chi connectivity index (χ2v) is 5.63. The van der Waals surface area contributed by atoms with Crippen LogP contribution in [-0.4, -0.2) is 17.4 Å². The Morgan fingerprint density at radius 1 is 1.29 bits per heavy atom. The van der Waals surface area contributed by atoms with Gasteiger partial charge in [-0.2, -0.15) is 0 Å². The first-order valence-corrected chi connectivity index (χ1v) is 7.37. The van der Waals surface area contributed by atoms with Crippen molar-refractivity contribution in [3.05, 3.63) is 23.2 Å². The molecule has 4 N–H and O–H groups in total. The van der Waals surface area contributed by atoms with Gasteiger partial charge in [0.15, 0.2) is 0 Å². The number of anilines is 2. The number of carbonyl (C=O) groups excluding carboxylic acids is 2. The van der Waals surface area contributed by atoms with E-state index in [1.165, 1.54) is 0 Å². The van der Waals surface area contributed by atoms with Crippen molar-refractivity contribution in [2.24, 2.45) is 5.73 Å². The van der Waals surface area contributed by atoms with Crippen molar-refractivity contribution in [1.82, 2.24) is 0 Å². The van der Waals surface area contributed by atoms with Gasteiger partial charge in [0.25, 0.3) is 0 Å². The summed E-state index contributed by atoms with van der Waals surface area (Å²) in [5, 5.41) is 5.83. The zero-order valence-corrected chi connectivity index (χ0v) is 13.4. The van der Waals surface area contributed by atoms with Gasteiger partial charge in [-0.3, -0.25) is 9.59 Å². The molecule has 5 nitrogen and oxygen atoms in total. The molecule has 0 aromatic heterocycles. The van der Waals surface area contributed by atoms with Crippen LogP contribution in [0.5, 0.6) is 0 Å². The van der Waals surface area contributed by atoms with E-state index in [1.54, 1.807) is 32.0 Å². The molecule has 1 unspecified atom stereocenters. The molecular weight excluding hydrogens is 290 g/mol. The van der Waals surface area contributed by atoms with Crippen LogP contribution in [0.2, 0.25) is 5.02 Å². The maximum Gasteiger partial charge on any atom is 0.244 e. The molecule has 116 valence electrons. The molecule has 21 heavy (non-hydrogen) atoms. The summed E-state index contributed by atoms with van der Waals surface area (Å²) in [5.74, 6) is -0.408. The van der Waals surface area contributed by atoms with E-state index in [4.69, 9.17) is 17.3 Å². The Hall–Kier alpha value is -1.59. The molecule has 0 heterocycles. The zero-order valence-electron chi connectivity index (χ0n) is 12.6. The molecule has 0 radical (unpaired) electrons. The van der Waals surface area contributed by atoms with Crippen molar-refractivity contribution in [2.45, 2.75) is 45.6 Å². The van der Waals surface area contributed by atoms with Crippen LogP contribution < -0.4 is 16.4 Å². The van der Waals surface area contributed by atoms with Crippen LogP contribution in [-0.2, 0) is 9.59 Å². The van der Waals surface area contributed by atoms with Gasteiger partial charge in [-0.25, -0.2) is 0 Å². The molecule has 0 saturated heterocycles. The monoisotopic (exact) mass is 311 g/mol. The van der Waals surface area contributed by atoms with Gasteiger partial charge < -0.3 is 16.4 Å². The van der Waals surface area contributed by atoms with Crippen molar-refractivity contribution in [1.29, 1.82) is 0 Å². The minimum absolute atomic E-state index is 0.107. The summed E-state index contributed by atoms with van der Waals surface area (Å²) < 4.78 is 0. The second-order valence-electron chi connectivity index (χ2n) is 5.22. The molecule has 1 rings (SSSR count). The van der Waals surface area contributed by atoms with Crippen LogP contribution in [0.1, 0.15) is 40.0 Å². The van der Waals surface area contributed by atoms with E-state index in [-0.39, 0.29) is 11.8 Å². The van der Waals surface area contributed by atoms with Gasteiger partial charge in [-0.15, -0.1) is 0 Å². The third kappa shape index (κ3) is 5.02. The average Bonchev–Trinajstić information content (AvgIpc) is 2.42. The number of amides is 2. The van der Waals surface area contributed by atoms with Crippen LogP contribution in [0.15, 0.2) is 18.2 Å². The third-order valence-electron chi connectivity index (χ3n) is 3.11. The summed E-state index contributed by atoms with van der Waals surface area (Å²) in [6.45, 7) is 5.41. The predicted octanol–water partition coefficient (Wildman–Crippen LogP) is 3.14. The fourth-order valence-electron chi connectivity index (χ4n) is 1.85. The largest absolute Gasteiger partial charge is 0.326 e. The van der Waals surface area contributed by atoms with Gasteiger partial charge in [0, 0.05) is 12.1 Å². The number of nitrogens with one attached hydrogen (secondary N) is 2. The summed E-state index contributed by atoms with van der Waals surface area (Å²) in [6, 6.07) is 4.92. The number of halogens is 1. The molecule has 1 aromatic rings. The van der Waals surface area contributed by atoms with E-state index >= 15 is 0 Å². The molecule has 0 fully saturated rings. The number of rotatable bonds is 6. The van der Waals surface area contributed by atoms with Gasteiger partial charge in [-0.1, -0.05) is 31.9 Å². The number of nitrogens with two attached hydrogens (primary N) is 1. The Morgan fingerprint density at radius 3 is 2.52 bits per heavy atom. The highest BCUT2D eigenvalue weighted by Gasteiger charge is 2.27. The van der Waals surface area contributed by atoms with E-state index < -0.39 is 5.54 Å². The van der Waals surface area contributed by atoms with Gasteiger partial charge in [0.1, 0.15) is 0 Å². The smallest absolute Gasteiger partial charge is 0.244 e. The second kappa shape index (κ2) is 7.43. The maximum absolute atomic E-state index is 12.2. The van der Waals surface area contributed by atoms with Gasteiger partial charge in [0.05, 0.1) is 16.2 Å². The lowest BCUT2D eigenvalue weighted by molar-refractivity contribution is -0.120. The summed E-state index contributed by atoms with van der Waals surface area (Å²) in [5.41, 5.74) is 6.04. The predicted molar refractivity (Wildman–Crippen MR) is 86.5 cm³/mol. The lowest BCUT2D eigenvalue weighted by atomic mass is 9.96. The summed E-state index contributed by atoms with van der Waals surface area (Å²) in [6.07, 6.45) is 1.76. The first-order chi connectivity index (χ1) is 9.80. The van der Waals surface area contributed by atoms with Crippen molar-refractivity contribution in [3.63, 3.8) is 0 Å². The van der Waals surface area contributed by atoms with E-state index in [9.17, 15) is 9.59 Å². The zero-order chi connectivity index (χ0) is 16.0. The SMILES string of the molecule is CCCC(C)(N)C(=O)Nc1cc(NC(=O)CC)ccc1Cl. The first kappa shape index (κ1) is 17.5. The minimum Gasteiger partial charge on any atom is -0.326 e. The van der Waals surface area contributed by atoms with Crippen LogP contribution in [0.3, 0.4) is 0 Å². The van der Waals surface area contributed by atoms with E-state index in [2.05, 4.69) is 10.6 Å². The third-order valence-corrected chi connectivity index (χ3v) is 3.44. The minimum atomic E-state index is -0.958. The standard InChI is InChI=1S/C15H22ClN3O2/c1-4-8-15(3,17)14(21)19-12-9-10(6-7-11(12)16)18-13(20)5-2/h6-7,9H,4-5,8,17H2,1-3H3,(H,18,20)(H,19,21). The topological polar surface area (TPSA) is 84.2 Å². The average molecular weight is 312 g/mol. The van der Waals surface area contributed by atoms with E-state index in [0.29, 0.717) is 29.2 Å². The fraction of sp³-hybridized carbons (Fsp3) is 0.467. The van der Waals surface area contributed by atoms with Crippen LogP contribution in [0.25, 0.3) is 0 Å². The molecule has 1 aromatic carbocycles. The molecule has 0 spiro atoms. The van der Waals surface area contributed by atoms with Crippen molar-refractivity contribution in [3.8, 4) is 0 Å². The van der Waals surface area contributed by atoms with Crippen LogP contribution >= 0.6 is 11.6 Å². The molecule has 6 heteroatoms. The Labute approximate surface area is 130 Å². The Kier molecular flexibility index (Phi) is 6.18.